The Labute approximate surface area is 103 Å². The van der Waals surface area contributed by atoms with Gasteiger partial charge in [-0.1, -0.05) is 26.0 Å². The van der Waals surface area contributed by atoms with Crippen LogP contribution in [0.25, 0.3) is 0 Å². The zero-order chi connectivity index (χ0) is 12.4. The SMILES string of the molecule is Cc1cccc2c1C(=O)NC(CC(C)C)CN2. The molecular formula is C14H20N2O. The Morgan fingerprint density at radius 1 is 1.41 bits per heavy atom. The molecule has 0 spiro atoms. The first-order chi connectivity index (χ1) is 8.08. The summed E-state index contributed by atoms with van der Waals surface area (Å²) >= 11 is 0. The lowest BCUT2D eigenvalue weighted by Crippen LogP contribution is -2.38. The number of hydrogen-bond donors (Lipinski definition) is 2. The summed E-state index contributed by atoms with van der Waals surface area (Å²) in [7, 11) is 0. The highest BCUT2D eigenvalue weighted by Gasteiger charge is 2.22. The topological polar surface area (TPSA) is 41.1 Å². The Morgan fingerprint density at radius 3 is 2.88 bits per heavy atom. The summed E-state index contributed by atoms with van der Waals surface area (Å²) in [5.74, 6) is 0.637. The van der Waals surface area contributed by atoms with Crippen LogP contribution in [0.3, 0.4) is 0 Å². The number of nitrogens with one attached hydrogen (secondary N) is 2. The summed E-state index contributed by atoms with van der Waals surface area (Å²) in [6.45, 7) is 7.13. The van der Waals surface area contributed by atoms with E-state index < -0.39 is 0 Å². The number of anilines is 1. The predicted molar refractivity (Wildman–Crippen MR) is 70.4 cm³/mol. The number of aryl methyl sites for hydroxylation is 1. The Hall–Kier alpha value is -1.51. The van der Waals surface area contributed by atoms with Crippen molar-refractivity contribution in [3.63, 3.8) is 0 Å². The fraction of sp³-hybridized carbons (Fsp3) is 0.500. The number of rotatable bonds is 2. The molecule has 3 heteroatoms. The first-order valence-electron chi connectivity index (χ1n) is 6.22. The molecule has 17 heavy (non-hydrogen) atoms. The van der Waals surface area contributed by atoms with E-state index >= 15 is 0 Å². The van der Waals surface area contributed by atoms with Gasteiger partial charge in [-0.3, -0.25) is 4.79 Å². The summed E-state index contributed by atoms with van der Waals surface area (Å²) in [5, 5.41) is 6.47. The highest BCUT2D eigenvalue weighted by atomic mass is 16.1. The van der Waals surface area contributed by atoms with E-state index in [4.69, 9.17) is 0 Å². The van der Waals surface area contributed by atoms with Gasteiger partial charge in [0.2, 0.25) is 0 Å². The molecular weight excluding hydrogens is 212 g/mol. The molecule has 1 heterocycles. The Morgan fingerprint density at radius 2 is 2.18 bits per heavy atom. The average molecular weight is 232 g/mol. The largest absolute Gasteiger partial charge is 0.382 e. The molecule has 0 aliphatic carbocycles. The third-order valence-corrected chi connectivity index (χ3v) is 3.13. The molecule has 0 fully saturated rings. The molecule has 1 atom stereocenters. The van der Waals surface area contributed by atoms with Gasteiger partial charge in [-0.05, 0) is 30.9 Å². The first-order valence-corrected chi connectivity index (χ1v) is 6.22. The van der Waals surface area contributed by atoms with Crippen molar-refractivity contribution in [2.45, 2.75) is 33.2 Å². The van der Waals surface area contributed by atoms with Crippen LogP contribution in [0.15, 0.2) is 18.2 Å². The lowest BCUT2D eigenvalue weighted by atomic mass is 10.0. The van der Waals surface area contributed by atoms with E-state index in [9.17, 15) is 4.79 Å². The lowest BCUT2D eigenvalue weighted by Gasteiger charge is -2.17. The minimum atomic E-state index is 0.0498. The van der Waals surface area contributed by atoms with Crippen LogP contribution < -0.4 is 10.6 Å². The van der Waals surface area contributed by atoms with E-state index in [-0.39, 0.29) is 11.9 Å². The van der Waals surface area contributed by atoms with Crippen LogP contribution in [0.2, 0.25) is 0 Å². The van der Waals surface area contributed by atoms with Gasteiger partial charge in [0, 0.05) is 18.3 Å². The first kappa shape index (κ1) is 12.0. The highest BCUT2D eigenvalue weighted by molar-refractivity contribution is 6.01. The third kappa shape index (κ3) is 2.60. The van der Waals surface area contributed by atoms with Crippen LogP contribution >= 0.6 is 0 Å². The van der Waals surface area contributed by atoms with Crippen molar-refractivity contribution in [1.82, 2.24) is 5.32 Å². The number of carbonyl (C=O) groups excluding carboxylic acids is 1. The molecule has 0 saturated carbocycles. The summed E-state index contributed by atoms with van der Waals surface area (Å²) in [6, 6.07) is 6.15. The zero-order valence-electron chi connectivity index (χ0n) is 10.7. The van der Waals surface area contributed by atoms with Gasteiger partial charge in [0.05, 0.1) is 5.56 Å². The van der Waals surface area contributed by atoms with Gasteiger partial charge in [0.1, 0.15) is 0 Å². The Bertz CT molecular complexity index is 426. The van der Waals surface area contributed by atoms with E-state index in [2.05, 4.69) is 24.5 Å². The van der Waals surface area contributed by atoms with Gasteiger partial charge in [0.15, 0.2) is 0 Å². The van der Waals surface area contributed by atoms with Crippen molar-refractivity contribution >= 4 is 11.6 Å². The maximum absolute atomic E-state index is 12.2. The summed E-state index contributed by atoms with van der Waals surface area (Å²) < 4.78 is 0. The van der Waals surface area contributed by atoms with Crippen molar-refractivity contribution in [3.05, 3.63) is 29.3 Å². The number of carbonyl (C=O) groups is 1. The van der Waals surface area contributed by atoms with Gasteiger partial charge >= 0.3 is 0 Å². The Balaban J connectivity index is 2.24. The van der Waals surface area contributed by atoms with Crippen molar-refractivity contribution in [1.29, 1.82) is 0 Å². The lowest BCUT2D eigenvalue weighted by molar-refractivity contribution is 0.0938. The van der Waals surface area contributed by atoms with E-state index in [1.807, 2.05) is 25.1 Å². The van der Waals surface area contributed by atoms with Crippen LogP contribution in [0.1, 0.15) is 36.2 Å². The molecule has 0 saturated heterocycles. The van der Waals surface area contributed by atoms with Gasteiger partial charge in [0.25, 0.3) is 5.91 Å². The van der Waals surface area contributed by atoms with Crippen LogP contribution in [0, 0.1) is 12.8 Å². The highest BCUT2D eigenvalue weighted by Crippen LogP contribution is 2.22. The maximum Gasteiger partial charge on any atom is 0.253 e. The number of benzene rings is 1. The molecule has 0 radical (unpaired) electrons. The molecule has 1 amide bonds. The summed E-state index contributed by atoms with van der Waals surface area (Å²) in [6.07, 6.45) is 1.01. The van der Waals surface area contributed by atoms with E-state index in [1.54, 1.807) is 0 Å². The van der Waals surface area contributed by atoms with Crippen molar-refractivity contribution < 1.29 is 4.79 Å². The second-order valence-corrected chi connectivity index (χ2v) is 5.18. The fourth-order valence-corrected chi connectivity index (χ4v) is 2.37. The molecule has 1 unspecified atom stereocenters. The third-order valence-electron chi connectivity index (χ3n) is 3.13. The fourth-order valence-electron chi connectivity index (χ4n) is 2.37. The quantitative estimate of drug-likeness (QED) is 0.822. The van der Waals surface area contributed by atoms with Crippen molar-refractivity contribution in [3.8, 4) is 0 Å². The van der Waals surface area contributed by atoms with Gasteiger partial charge in [-0.25, -0.2) is 0 Å². The van der Waals surface area contributed by atoms with Gasteiger partial charge < -0.3 is 10.6 Å². The molecule has 1 aliphatic rings. The van der Waals surface area contributed by atoms with Crippen molar-refractivity contribution in [2.75, 3.05) is 11.9 Å². The minimum absolute atomic E-state index is 0.0498. The zero-order valence-corrected chi connectivity index (χ0v) is 10.7. The molecule has 3 nitrogen and oxygen atoms in total. The van der Waals surface area contributed by atoms with Gasteiger partial charge in [-0.15, -0.1) is 0 Å². The number of fused-ring (bicyclic) bond motifs is 1. The molecule has 92 valence electrons. The van der Waals surface area contributed by atoms with Crippen LogP contribution in [-0.2, 0) is 0 Å². The maximum atomic E-state index is 12.2. The normalized spacial score (nSPS) is 19.3. The van der Waals surface area contributed by atoms with E-state index in [0.717, 1.165) is 29.8 Å². The second-order valence-electron chi connectivity index (χ2n) is 5.18. The summed E-state index contributed by atoms with van der Waals surface area (Å²) in [5.41, 5.74) is 2.77. The molecule has 2 rings (SSSR count). The van der Waals surface area contributed by atoms with Crippen LogP contribution in [0.5, 0.6) is 0 Å². The molecule has 1 aromatic carbocycles. The molecule has 2 N–H and O–H groups in total. The van der Waals surface area contributed by atoms with E-state index in [0.29, 0.717) is 5.92 Å². The average Bonchev–Trinajstić information content (AvgIpc) is 2.38. The smallest absolute Gasteiger partial charge is 0.253 e. The minimum Gasteiger partial charge on any atom is -0.382 e. The monoisotopic (exact) mass is 232 g/mol. The molecule has 1 aromatic rings. The second kappa shape index (κ2) is 4.78. The number of hydrogen-bond acceptors (Lipinski definition) is 2. The molecule has 0 aromatic heterocycles. The van der Waals surface area contributed by atoms with Crippen LogP contribution in [0.4, 0.5) is 5.69 Å². The molecule has 1 aliphatic heterocycles. The standard InChI is InChI=1S/C14H20N2O/c1-9(2)7-11-8-15-12-6-4-5-10(3)13(12)14(17)16-11/h4-6,9,11,15H,7-8H2,1-3H3,(H,16,17). The molecule has 0 bridgehead atoms. The number of amides is 1. The van der Waals surface area contributed by atoms with Crippen molar-refractivity contribution in [2.24, 2.45) is 5.92 Å². The van der Waals surface area contributed by atoms with E-state index in [1.165, 1.54) is 0 Å². The van der Waals surface area contributed by atoms with Crippen LogP contribution in [-0.4, -0.2) is 18.5 Å². The Kier molecular flexibility index (Phi) is 3.36. The summed E-state index contributed by atoms with van der Waals surface area (Å²) in [4.78, 5) is 12.2. The predicted octanol–water partition coefficient (Wildman–Crippen LogP) is 2.57. The van der Waals surface area contributed by atoms with Gasteiger partial charge in [-0.2, -0.15) is 0 Å².